The Labute approximate surface area is 124 Å². The smallest absolute Gasteiger partial charge is 0.330 e. The summed E-state index contributed by atoms with van der Waals surface area (Å²) in [5, 5.41) is 13.4. The van der Waals surface area contributed by atoms with Crippen molar-refractivity contribution in [1.29, 1.82) is 0 Å². The molecule has 1 aromatic rings. The van der Waals surface area contributed by atoms with Crippen LogP contribution in [0.25, 0.3) is 10.4 Å². The Balaban J connectivity index is 2.43. The SMILES string of the molecule is [N-]=[N+]=N[C@]1(CI)O[C@@H](n2cc(F)c(=O)[nH]c2=O)C[C@@H]1O. The Morgan fingerprint density at radius 2 is 2.45 bits per heavy atom. The number of rotatable bonds is 3. The van der Waals surface area contributed by atoms with Crippen molar-refractivity contribution in [2.75, 3.05) is 4.43 Å². The van der Waals surface area contributed by atoms with Crippen LogP contribution in [0.5, 0.6) is 0 Å². The number of azide groups is 1. The topological polar surface area (TPSA) is 133 Å². The van der Waals surface area contributed by atoms with Gasteiger partial charge in [-0.15, -0.1) is 0 Å². The molecule has 9 nitrogen and oxygen atoms in total. The van der Waals surface area contributed by atoms with Gasteiger partial charge in [-0.05, 0) is 5.53 Å². The van der Waals surface area contributed by atoms with Crippen LogP contribution in [0.1, 0.15) is 12.6 Å². The van der Waals surface area contributed by atoms with Crippen molar-refractivity contribution >= 4 is 22.6 Å². The molecule has 11 heteroatoms. The molecule has 0 saturated carbocycles. The van der Waals surface area contributed by atoms with Crippen LogP contribution in [0.4, 0.5) is 4.39 Å². The molecule has 1 fully saturated rings. The first-order valence-corrected chi connectivity index (χ1v) is 6.95. The highest BCUT2D eigenvalue weighted by Crippen LogP contribution is 2.38. The summed E-state index contributed by atoms with van der Waals surface area (Å²) in [5.74, 6) is -1.15. The van der Waals surface area contributed by atoms with Gasteiger partial charge < -0.3 is 9.84 Å². The van der Waals surface area contributed by atoms with E-state index in [0.717, 1.165) is 4.57 Å². The molecule has 1 aliphatic heterocycles. The minimum absolute atomic E-state index is 0.0760. The van der Waals surface area contributed by atoms with Gasteiger partial charge in [-0.2, -0.15) is 4.39 Å². The number of aromatic nitrogens is 2. The third-order valence-corrected chi connectivity index (χ3v) is 4.02. The molecule has 1 saturated heterocycles. The second-order valence-electron chi connectivity index (χ2n) is 4.14. The van der Waals surface area contributed by atoms with Crippen LogP contribution in [0.15, 0.2) is 20.9 Å². The minimum Gasteiger partial charge on any atom is -0.390 e. The lowest BCUT2D eigenvalue weighted by Crippen LogP contribution is -2.39. The molecule has 0 unspecified atom stereocenters. The van der Waals surface area contributed by atoms with E-state index in [1.807, 2.05) is 22.6 Å². The van der Waals surface area contributed by atoms with E-state index in [9.17, 15) is 19.1 Å². The number of nitrogens with one attached hydrogen (secondary N) is 1. The summed E-state index contributed by atoms with van der Waals surface area (Å²) in [6.07, 6.45) is -1.57. The maximum absolute atomic E-state index is 13.2. The second-order valence-corrected chi connectivity index (χ2v) is 4.90. The maximum Gasteiger partial charge on any atom is 0.330 e. The first kappa shape index (κ1) is 15.0. The number of H-pyrrole nitrogens is 1. The van der Waals surface area contributed by atoms with Crippen molar-refractivity contribution in [2.45, 2.75) is 24.5 Å². The number of nitrogens with zero attached hydrogens (tertiary/aromatic N) is 4. The van der Waals surface area contributed by atoms with Crippen molar-refractivity contribution in [3.63, 3.8) is 0 Å². The second kappa shape index (κ2) is 5.52. The molecule has 2 heterocycles. The highest BCUT2D eigenvalue weighted by atomic mass is 127. The van der Waals surface area contributed by atoms with E-state index in [-0.39, 0.29) is 10.8 Å². The van der Waals surface area contributed by atoms with Crippen LogP contribution in [0, 0.1) is 5.82 Å². The zero-order valence-electron chi connectivity index (χ0n) is 9.86. The van der Waals surface area contributed by atoms with E-state index in [2.05, 4.69) is 10.0 Å². The molecule has 0 aliphatic carbocycles. The number of ether oxygens (including phenoxy) is 1. The summed E-state index contributed by atoms with van der Waals surface area (Å²) in [5.41, 5.74) is 4.98. The molecule has 2 rings (SSSR count). The van der Waals surface area contributed by atoms with Gasteiger partial charge in [0, 0.05) is 15.8 Å². The third kappa shape index (κ3) is 2.44. The molecule has 0 amide bonds. The van der Waals surface area contributed by atoms with Crippen molar-refractivity contribution in [2.24, 2.45) is 5.11 Å². The molecule has 108 valence electrons. The standard InChI is InChI=1S/C9H9FIN5O4/c10-4-2-16(8(19)13-7(4)18)6-1-5(17)9(3-11,20-6)14-15-12/h2,5-6,17H,1,3H2,(H,13,18,19)/t5-,6+,9+/m0/s1. The van der Waals surface area contributed by atoms with Crippen molar-refractivity contribution in [3.8, 4) is 0 Å². The van der Waals surface area contributed by atoms with E-state index in [1.54, 1.807) is 4.98 Å². The van der Waals surface area contributed by atoms with Crippen LogP contribution in [-0.4, -0.2) is 30.9 Å². The van der Waals surface area contributed by atoms with Gasteiger partial charge >= 0.3 is 5.69 Å². The fourth-order valence-corrected chi connectivity index (χ4v) is 2.74. The highest BCUT2D eigenvalue weighted by molar-refractivity contribution is 14.1. The Kier molecular flexibility index (Phi) is 4.13. The van der Waals surface area contributed by atoms with Crippen molar-refractivity contribution in [3.05, 3.63) is 43.3 Å². The average Bonchev–Trinajstić information content (AvgIpc) is 2.72. The molecule has 1 aromatic heterocycles. The van der Waals surface area contributed by atoms with Crippen molar-refractivity contribution < 1.29 is 14.2 Å². The summed E-state index contributed by atoms with van der Waals surface area (Å²) >= 11 is 1.86. The number of halogens is 2. The van der Waals surface area contributed by atoms with E-state index >= 15 is 0 Å². The number of aliphatic hydroxyl groups is 1. The number of aromatic amines is 1. The van der Waals surface area contributed by atoms with Crippen LogP contribution in [-0.2, 0) is 4.74 Å². The predicted octanol–water partition coefficient (Wildman–Crippen LogP) is 0.397. The van der Waals surface area contributed by atoms with Crippen LogP contribution >= 0.6 is 22.6 Å². The van der Waals surface area contributed by atoms with E-state index in [0.29, 0.717) is 6.20 Å². The average molecular weight is 397 g/mol. The maximum atomic E-state index is 13.2. The molecule has 20 heavy (non-hydrogen) atoms. The van der Waals surface area contributed by atoms with E-state index < -0.39 is 35.1 Å². The molecule has 0 spiro atoms. The van der Waals surface area contributed by atoms with E-state index in [4.69, 9.17) is 10.3 Å². The van der Waals surface area contributed by atoms with Gasteiger partial charge in [0.05, 0.1) is 12.3 Å². The number of hydrogen-bond donors (Lipinski definition) is 2. The van der Waals surface area contributed by atoms with Gasteiger partial charge in [0.2, 0.25) is 5.82 Å². The Morgan fingerprint density at radius 3 is 3.05 bits per heavy atom. The van der Waals surface area contributed by atoms with Gasteiger partial charge in [0.25, 0.3) is 5.56 Å². The summed E-state index contributed by atoms with van der Waals surface area (Å²) in [7, 11) is 0. The number of hydrogen-bond acceptors (Lipinski definition) is 5. The van der Waals surface area contributed by atoms with Gasteiger partial charge in [0.1, 0.15) is 6.23 Å². The quantitative estimate of drug-likeness (QED) is 0.251. The first-order chi connectivity index (χ1) is 9.43. The summed E-state index contributed by atoms with van der Waals surface area (Å²) in [4.78, 5) is 27.0. The predicted molar refractivity (Wildman–Crippen MR) is 72.8 cm³/mol. The van der Waals surface area contributed by atoms with Gasteiger partial charge in [-0.3, -0.25) is 14.3 Å². The van der Waals surface area contributed by atoms with Crippen LogP contribution in [0.2, 0.25) is 0 Å². The summed E-state index contributed by atoms with van der Waals surface area (Å²) < 4.78 is 19.6. The Hall–Kier alpha value is -1.43. The fraction of sp³-hybridized carbons (Fsp3) is 0.556. The van der Waals surface area contributed by atoms with Crippen LogP contribution in [0.3, 0.4) is 0 Å². The molecule has 0 radical (unpaired) electrons. The summed E-state index contributed by atoms with van der Waals surface area (Å²) in [6.45, 7) is 0. The molecular weight excluding hydrogens is 388 g/mol. The fourth-order valence-electron chi connectivity index (χ4n) is 1.90. The molecule has 0 bridgehead atoms. The Bertz CT molecular complexity index is 684. The Morgan fingerprint density at radius 1 is 1.75 bits per heavy atom. The first-order valence-electron chi connectivity index (χ1n) is 5.42. The van der Waals surface area contributed by atoms with Gasteiger partial charge in [-0.25, -0.2) is 4.79 Å². The summed E-state index contributed by atoms with van der Waals surface area (Å²) in [6, 6.07) is 0. The largest absolute Gasteiger partial charge is 0.390 e. The van der Waals surface area contributed by atoms with Crippen molar-refractivity contribution in [1.82, 2.24) is 9.55 Å². The molecule has 3 atom stereocenters. The zero-order valence-corrected chi connectivity index (χ0v) is 12.0. The lowest BCUT2D eigenvalue weighted by Gasteiger charge is -2.24. The molecular formula is C9H9FIN5O4. The number of aliphatic hydroxyl groups excluding tert-OH is 1. The van der Waals surface area contributed by atoms with Gasteiger partial charge in [-0.1, -0.05) is 27.7 Å². The molecule has 0 aromatic carbocycles. The highest BCUT2D eigenvalue weighted by Gasteiger charge is 2.48. The normalized spacial score (nSPS) is 29.1. The molecule has 1 aliphatic rings. The van der Waals surface area contributed by atoms with E-state index in [1.165, 1.54) is 0 Å². The minimum atomic E-state index is -1.52. The van der Waals surface area contributed by atoms with Crippen LogP contribution < -0.4 is 11.2 Å². The number of alkyl halides is 1. The molecule has 2 N–H and O–H groups in total. The monoisotopic (exact) mass is 397 g/mol. The lowest BCUT2D eigenvalue weighted by molar-refractivity contribution is -0.0822. The third-order valence-electron chi connectivity index (χ3n) is 2.93. The lowest BCUT2D eigenvalue weighted by atomic mass is 10.1. The van der Waals surface area contributed by atoms with Gasteiger partial charge in [0.15, 0.2) is 5.72 Å². The zero-order chi connectivity index (χ0) is 14.9.